The van der Waals surface area contributed by atoms with E-state index in [9.17, 15) is 9.90 Å². The number of benzene rings is 1. The van der Waals surface area contributed by atoms with Crippen LogP contribution in [-0.4, -0.2) is 23.2 Å². The van der Waals surface area contributed by atoms with Crippen LogP contribution in [-0.2, 0) is 6.61 Å². The number of amides is 1. The summed E-state index contributed by atoms with van der Waals surface area (Å²) in [6.07, 6.45) is 4.37. The van der Waals surface area contributed by atoms with Crippen LogP contribution >= 0.6 is 0 Å². The van der Waals surface area contributed by atoms with Crippen LogP contribution in [0.3, 0.4) is 0 Å². The average Bonchev–Trinajstić information content (AvgIpc) is 3.11. The Balaban J connectivity index is 1.63. The van der Waals surface area contributed by atoms with Crippen LogP contribution in [0.4, 0.5) is 0 Å². The lowest BCUT2D eigenvalue weighted by Crippen LogP contribution is -2.45. The van der Waals surface area contributed by atoms with E-state index in [0.717, 1.165) is 19.3 Å². The van der Waals surface area contributed by atoms with E-state index in [2.05, 4.69) is 11.4 Å². The van der Waals surface area contributed by atoms with Gasteiger partial charge in [-0.25, -0.2) is 0 Å². The fraction of sp³-hybridized carbons (Fsp3) is 0.368. The minimum absolute atomic E-state index is 0.154. The second-order valence-electron chi connectivity index (χ2n) is 6.14. The maximum Gasteiger partial charge on any atom is 0.287 e. The van der Waals surface area contributed by atoms with Crippen molar-refractivity contribution in [2.75, 3.05) is 0 Å². The average molecular weight is 340 g/mol. The second-order valence-corrected chi connectivity index (χ2v) is 6.14. The lowest BCUT2D eigenvalue weighted by molar-refractivity contribution is 0.0696. The first-order valence-electron chi connectivity index (χ1n) is 8.35. The molecule has 1 aliphatic rings. The number of furan rings is 1. The van der Waals surface area contributed by atoms with Crippen molar-refractivity contribution in [1.82, 2.24) is 5.32 Å². The molecule has 0 aliphatic heterocycles. The van der Waals surface area contributed by atoms with Crippen LogP contribution in [0, 0.1) is 11.3 Å². The molecule has 1 aromatic carbocycles. The van der Waals surface area contributed by atoms with Crippen molar-refractivity contribution in [1.29, 1.82) is 5.26 Å². The van der Waals surface area contributed by atoms with Crippen molar-refractivity contribution < 1.29 is 19.1 Å². The molecule has 1 aliphatic carbocycles. The van der Waals surface area contributed by atoms with Gasteiger partial charge < -0.3 is 19.6 Å². The molecule has 2 unspecified atom stereocenters. The molecule has 1 amide bonds. The Bertz CT molecular complexity index is 778. The van der Waals surface area contributed by atoms with Crippen LogP contribution < -0.4 is 10.1 Å². The summed E-state index contributed by atoms with van der Waals surface area (Å²) in [6.45, 7) is 0.154. The molecule has 3 rings (SSSR count). The third-order valence-electron chi connectivity index (χ3n) is 4.36. The van der Waals surface area contributed by atoms with Crippen LogP contribution in [0.25, 0.3) is 0 Å². The fourth-order valence-corrected chi connectivity index (χ4v) is 2.98. The first-order chi connectivity index (χ1) is 12.2. The highest BCUT2D eigenvalue weighted by Crippen LogP contribution is 2.21. The Labute approximate surface area is 146 Å². The molecular weight excluding hydrogens is 320 g/mol. The standard InChI is InChI=1S/C19H20N2O4/c20-11-13-4-3-5-15(10-13)25-12-14-8-9-24-18(14)19(23)21-16-6-1-2-7-17(16)22/h3-5,8-10,16-17,22H,1-2,6-7,12H2,(H,21,23). The maximum atomic E-state index is 12.4. The van der Waals surface area contributed by atoms with Crippen molar-refractivity contribution in [3.63, 3.8) is 0 Å². The number of rotatable bonds is 5. The Morgan fingerprint density at radius 2 is 2.20 bits per heavy atom. The largest absolute Gasteiger partial charge is 0.489 e. The number of nitrogens with zero attached hydrogens (tertiary/aromatic N) is 1. The van der Waals surface area contributed by atoms with Gasteiger partial charge in [0, 0.05) is 5.56 Å². The Hall–Kier alpha value is -2.78. The minimum atomic E-state index is -0.513. The van der Waals surface area contributed by atoms with E-state index in [4.69, 9.17) is 14.4 Å². The molecule has 0 spiro atoms. The molecule has 0 radical (unpaired) electrons. The van der Waals surface area contributed by atoms with Gasteiger partial charge in [0.2, 0.25) is 0 Å². The van der Waals surface area contributed by atoms with E-state index < -0.39 is 6.10 Å². The number of nitrogens with one attached hydrogen (secondary N) is 1. The number of aliphatic hydroxyl groups is 1. The molecule has 2 N–H and O–H groups in total. The van der Waals surface area contributed by atoms with Crippen LogP contribution in [0.15, 0.2) is 41.0 Å². The number of aliphatic hydroxyl groups excluding tert-OH is 1. The molecule has 2 aromatic rings. The quantitative estimate of drug-likeness (QED) is 0.872. The summed E-state index contributed by atoms with van der Waals surface area (Å²) < 4.78 is 11.0. The summed E-state index contributed by atoms with van der Waals surface area (Å²) in [6, 6.07) is 10.3. The van der Waals surface area contributed by atoms with Crippen LogP contribution in [0.2, 0.25) is 0 Å². The molecule has 2 atom stereocenters. The summed E-state index contributed by atoms with van der Waals surface area (Å²) in [5.74, 6) is 0.392. The summed E-state index contributed by atoms with van der Waals surface area (Å²) in [5, 5.41) is 21.8. The lowest BCUT2D eigenvalue weighted by atomic mass is 9.92. The lowest BCUT2D eigenvalue weighted by Gasteiger charge is -2.28. The van der Waals surface area contributed by atoms with Crippen molar-refractivity contribution in [2.24, 2.45) is 0 Å². The smallest absolute Gasteiger partial charge is 0.287 e. The molecule has 0 bridgehead atoms. The van der Waals surface area contributed by atoms with Crippen LogP contribution in [0.1, 0.15) is 47.4 Å². The van der Waals surface area contributed by atoms with Gasteiger partial charge in [0.05, 0.1) is 30.0 Å². The molecule has 1 saturated carbocycles. The Kier molecular flexibility index (Phi) is 5.36. The fourth-order valence-electron chi connectivity index (χ4n) is 2.98. The third-order valence-corrected chi connectivity index (χ3v) is 4.36. The van der Waals surface area contributed by atoms with Crippen molar-refractivity contribution in [3.8, 4) is 11.8 Å². The van der Waals surface area contributed by atoms with Gasteiger partial charge in [-0.1, -0.05) is 18.9 Å². The maximum absolute atomic E-state index is 12.4. The highest BCUT2D eigenvalue weighted by atomic mass is 16.5. The molecule has 6 heteroatoms. The highest BCUT2D eigenvalue weighted by molar-refractivity contribution is 5.93. The number of carbonyl (C=O) groups is 1. The third kappa shape index (κ3) is 4.20. The summed E-state index contributed by atoms with van der Waals surface area (Å²) in [5.41, 5.74) is 1.12. The van der Waals surface area contributed by atoms with Gasteiger partial charge in [0.25, 0.3) is 5.91 Å². The normalized spacial score (nSPS) is 19.8. The molecule has 6 nitrogen and oxygen atoms in total. The molecule has 1 fully saturated rings. The van der Waals surface area contributed by atoms with Crippen molar-refractivity contribution >= 4 is 5.91 Å². The SMILES string of the molecule is N#Cc1cccc(OCc2ccoc2C(=O)NC2CCCCC2O)c1. The topological polar surface area (TPSA) is 95.5 Å². The molecule has 1 aromatic heterocycles. The summed E-state index contributed by atoms with van der Waals surface area (Å²) >= 11 is 0. The predicted octanol–water partition coefficient (Wildman–Crippen LogP) is 2.76. The van der Waals surface area contributed by atoms with E-state index in [1.54, 1.807) is 30.3 Å². The molecule has 1 heterocycles. The summed E-state index contributed by atoms with van der Waals surface area (Å²) in [4.78, 5) is 12.4. The first-order valence-corrected chi connectivity index (χ1v) is 8.35. The number of carbonyl (C=O) groups excluding carboxylic acids is 1. The van der Waals surface area contributed by atoms with Gasteiger partial charge in [-0.3, -0.25) is 4.79 Å². The Morgan fingerprint density at radius 1 is 1.36 bits per heavy atom. The van der Waals surface area contributed by atoms with Crippen molar-refractivity contribution in [2.45, 2.75) is 44.4 Å². The number of nitriles is 1. The predicted molar refractivity (Wildman–Crippen MR) is 89.9 cm³/mol. The zero-order valence-electron chi connectivity index (χ0n) is 13.8. The molecule has 130 valence electrons. The Morgan fingerprint density at radius 3 is 3.00 bits per heavy atom. The zero-order chi connectivity index (χ0) is 17.6. The van der Waals surface area contributed by atoms with Gasteiger partial charge in [-0.05, 0) is 37.1 Å². The van der Waals surface area contributed by atoms with E-state index in [-0.39, 0.29) is 24.3 Å². The molecule has 25 heavy (non-hydrogen) atoms. The second kappa shape index (κ2) is 7.86. The molecular formula is C19H20N2O4. The van der Waals surface area contributed by atoms with Gasteiger partial charge in [0.1, 0.15) is 12.4 Å². The zero-order valence-corrected chi connectivity index (χ0v) is 13.8. The summed E-state index contributed by atoms with van der Waals surface area (Å²) in [7, 11) is 0. The van der Waals surface area contributed by atoms with Crippen molar-refractivity contribution in [3.05, 3.63) is 53.5 Å². The number of hydrogen-bond acceptors (Lipinski definition) is 5. The van der Waals surface area contributed by atoms with E-state index in [0.29, 0.717) is 23.3 Å². The minimum Gasteiger partial charge on any atom is -0.489 e. The monoisotopic (exact) mass is 340 g/mol. The van der Waals surface area contributed by atoms with E-state index in [1.807, 2.05) is 0 Å². The van der Waals surface area contributed by atoms with E-state index >= 15 is 0 Å². The highest BCUT2D eigenvalue weighted by Gasteiger charge is 2.26. The van der Waals surface area contributed by atoms with Gasteiger partial charge in [-0.15, -0.1) is 0 Å². The van der Waals surface area contributed by atoms with Gasteiger partial charge in [-0.2, -0.15) is 5.26 Å². The van der Waals surface area contributed by atoms with E-state index in [1.165, 1.54) is 6.26 Å². The first kappa shape index (κ1) is 17.1. The van der Waals surface area contributed by atoms with Gasteiger partial charge in [0.15, 0.2) is 5.76 Å². The van der Waals surface area contributed by atoms with Crippen LogP contribution in [0.5, 0.6) is 5.75 Å². The number of ether oxygens (including phenoxy) is 1. The molecule has 0 saturated heterocycles. The van der Waals surface area contributed by atoms with Gasteiger partial charge >= 0.3 is 0 Å². The number of hydrogen-bond donors (Lipinski definition) is 2.